The van der Waals surface area contributed by atoms with Crippen molar-refractivity contribution >= 4 is 38.4 Å². The number of pyridine rings is 1. The van der Waals surface area contributed by atoms with Gasteiger partial charge in [0.1, 0.15) is 12.4 Å². The Balaban J connectivity index is 1.77. The first kappa shape index (κ1) is 14.4. The van der Waals surface area contributed by atoms with Crippen LogP contribution in [-0.2, 0) is 12.5 Å². The maximum atomic E-state index is 5.86. The summed E-state index contributed by atoms with van der Waals surface area (Å²) in [5, 5.41) is 1.12. The number of fused-ring (bicyclic) bond motifs is 1. The Kier molecular flexibility index (Phi) is 4.42. The molecule has 0 bridgehead atoms. The predicted octanol–water partition coefficient (Wildman–Crippen LogP) is 5.32. The molecular formula is C17H13BrClNO. The predicted molar refractivity (Wildman–Crippen MR) is 89.8 cm³/mol. The van der Waals surface area contributed by atoms with Crippen LogP contribution in [-0.4, -0.2) is 4.98 Å². The second-order valence-corrected chi connectivity index (χ2v) is 5.84. The average Bonchev–Trinajstić information content (AvgIpc) is 2.53. The van der Waals surface area contributed by atoms with Crippen molar-refractivity contribution in [2.24, 2.45) is 0 Å². The Labute approximate surface area is 136 Å². The van der Waals surface area contributed by atoms with Gasteiger partial charge >= 0.3 is 0 Å². The van der Waals surface area contributed by atoms with Crippen molar-refractivity contribution in [3.8, 4) is 5.75 Å². The first-order chi connectivity index (χ1) is 10.3. The van der Waals surface area contributed by atoms with E-state index in [1.165, 1.54) is 0 Å². The van der Waals surface area contributed by atoms with Crippen molar-refractivity contribution in [3.63, 3.8) is 0 Å². The van der Waals surface area contributed by atoms with Crippen LogP contribution in [0.15, 0.2) is 59.2 Å². The van der Waals surface area contributed by atoms with Gasteiger partial charge in [0.05, 0.1) is 9.99 Å². The molecule has 106 valence electrons. The molecule has 0 saturated heterocycles. The van der Waals surface area contributed by atoms with E-state index in [1.54, 1.807) is 6.20 Å². The Hall–Kier alpha value is -1.58. The maximum absolute atomic E-state index is 5.86. The lowest BCUT2D eigenvalue weighted by Gasteiger charge is -2.09. The molecule has 1 heterocycles. The number of halogens is 2. The molecule has 0 radical (unpaired) electrons. The molecule has 2 aromatic carbocycles. The Morgan fingerprint density at radius 2 is 1.90 bits per heavy atom. The molecule has 0 spiro atoms. The monoisotopic (exact) mass is 361 g/mol. The van der Waals surface area contributed by atoms with Crippen LogP contribution < -0.4 is 4.74 Å². The fraction of sp³-hybridized carbons (Fsp3) is 0.118. The van der Waals surface area contributed by atoms with Crippen LogP contribution in [0.3, 0.4) is 0 Å². The SMILES string of the molecule is ClCc1ccc(OCc2ccc3ncccc3c2)c(Br)c1. The van der Waals surface area contributed by atoms with Crippen molar-refractivity contribution in [2.75, 3.05) is 0 Å². The van der Waals surface area contributed by atoms with Crippen molar-refractivity contribution < 1.29 is 4.74 Å². The zero-order chi connectivity index (χ0) is 14.7. The fourth-order valence-corrected chi connectivity index (χ4v) is 2.83. The molecule has 2 nitrogen and oxygen atoms in total. The number of ether oxygens (including phenoxy) is 1. The summed E-state index contributed by atoms with van der Waals surface area (Å²) in [5.74, 6) is 1.31. The van der Waals surface area contributed by atoms with E-state index in [-0.39, 0.29) is 0 Å². The van der Waals surface area contributed by atoms with Gasteiger partial charge in [-0.1, -0.05) is 18.2 Å². The molecule has 0 N–H and O–H groups in total. The average molecular weight is 363 g/mol. The Bertz CT molecular complexity index is 776. The van der Waals surface area contributed by atoms with E-state index in [9.17, 15) is 0 Å². The molecule has 3 rings (SSSR count). The third kappa shape index (κ3) is 3.36. The van der Waals surface area contributed by atoms with Crippen LogP contribution in [0.1, 0.15) is 11.1 Å². The third-order valence-corrected chi connectivity index (χ3v) is 4.14. The van der Waals surface area contributed by atoms with Crippen LogP contribution >= 0.6 is 27.5 Å². The van der Waals surface area contributed by atoms with Gasteiger partial charge < -0.3 is 4.74 Å². The minimum Gasteiger partial charge on any atom is -0.488 e. The summed E-state index contributed by atoms with van der Waals surface area (Å²) < 4.78 is 6.78. The van der Waals surface area contributed by atoms with E-state index in [0.717, 1.165) is 32.3 Å². The number of rotatable bonds is 4. The highest BCUT2D eigenvalue weighted by atomic mass is 79.9. The van der Waals surface area contributed by atoms with Crippen LogP contribution in [0, 0.1) is 0 Å². The topological polar surface area (TPSA) is 22.1 Å². The van der Waals surface area contributed by atoms with Gasteiger partial charge in [0.2, 0.25) is 0 Å². The lowest BCUT2D eigenvalue weighted by Crippen LogP contribution is -1.96. The van der Waals surface area contributed by atoms with Crippen LogP contribution in [0.4, 0.5) is 0 Å². The Morgan fingerprint density at radius 1 is 1.05 bits per heavy atom. The largest absolute Gasteiger partial charge is 0.488 e. The Morgan fingerprint density at radius 3 is 2.71 bits per heavy atom. The van der Waals surface area contributed by atoms with Crippen molar-refractivity contribution in [2.45, 2.75) is 12.5 Å². The van der Waals surface area contributed by atoms with E-state index >= 15 is 0 Å². The second-order valence-electron chi connectivity index (χ2n) is 4.72. The lowest BCUT2D eigenvalue weighted by molar-refractivity contribution is 0.304. The van der Waals surface area contributed by atoms with Gasteiger partial charge in [0.25, 0.3) is 0 Å². The van der Waals surface area contributed by atoms with Gasteiger partial charge in [0, 0.05) is 17.5 Å². The molecule has 1 aromatic heterocycles. The number of aromatic nitrogens is 1. The minimum atomic E-state index is 0.497. The number of benzene rings is 2. The molecule has 0 amide bonds. The highest BCUT2D eigenvalue weighted by Crippen LogP contribution is 2.27. The summed E-state index contributed by atoms with van der Waals surface area (Å²) >= 11 is 9.32. The van der Waals surface area contributed by atoms with Gasteiger partial charge in [-0.2, -0.15) is 0 Å². The van der Waals surface area contributed by atoms with Crippen molar-refractivity contribution in [1.29, 1.82) is 0 Å². The number of hydrogen-bond donors (Lipinski definition) is 0. The summed E-state index contributed by atoms with van der Waals surface area (Å²) in [6.45, 7) is 0.518. The van der Waals surface area contributed by atoms with E-state index in [4.69, 9.17) is 16.3 Å². The first-order valence-electron chi connectivity index (χ1n) is 6.57. The smallest absolute Gasteiger partial charge is 0.134 e. The number of hydrogen-bond acceptors (Lipinski definition) is 2. The molecule has 0 aliphatic rings. The molecule has 0 saturated carbocycles. The van der Waals surface area contributed by atoms with Crippen molar-refractivity contribution in [1.82, 2.24) is 4.98 Å². The highest BCUT2D eigenvalue weighted by molar-refractivity contribution is 9.10. The molecule has 0 aliphatic carbocycles. The normalized spacial score (nSPS) is 10.8. The molecule has 4 heteroatoms. The zero-order valence-corrected chi connectivity index (χ0v) is 13.6. The van der Waals surface area contributed by atoms with Gasteiger partial charge in [0.15, 0.2) is 0 Å². The molecule has 0 aliphatic heterocycles. The highest BCUT2D eigenvalue weighted by Gasteiger charge is 2.04. The van der Waals surface area contributed by atoms with Crippen molar-refractivity contribution in [3.05, 3.63) is 70.3 Å². The molecular weight excluding hydrogens is 350 g/mol. The van der Waals surface area contributed by atoms with Crippen LogP contribution in [0.25, 0.3) is 10.9 Å². The quantitative estimate of drug-likeness (QED) is 0.586. The summed E-state index contributed by atoms with van der Waals surface area (Å²) in [5.41, 5.74) is 3.17. The molecule has 0 atom stereocenters. The standard InChI is InChI=1S/C17H13BrClNO/c18-15-9-12(10-19)4-6-17(15)21-11-13-3-5-16-14(8-13)2-1-7-20-16/h1-9H,10-11H2. The van der Waals surface area contributed by atoms with E-state index in [1.807, 2.05) is 36.4 Å². The summed E-state index contributed by atoms with van der Waals surface area (Å²) in [7, 11) is 0. The number of alkyl halides is 1. The van der Waals surface area contributed by atoms with Gasteiger partial charge in [-0.3, -0.25) is 4.98 Å². The lowest BCUT2D eigenvalue weighted by atomic mass is 10.1. The second kappa shape index (κ2) is 6.46. The van der Waals surface area contributed by atoms with Crippen LogP contribution in [0.5, 0.6) is 5.75 Å². The van der Waals surface area contributed by atoms with Gasteiger partial charge in [-0.25, -0.2) is 0 Å². The molecule has 21 heavy (non-hydrogen) atoms. The molecule has 0 unspecified atom stereocenters. The van der Waals surface area contributed by atoms with E-state index in [2.05, 4.69) is 33.0 Å². The van der Waals surface area contributed by atoms with E-state index in [0.29, 0.717) is 12.5 Å². The molecule has 0 fully saturated rings. The van der Waals surface area contributed by atoms with E-state index < -0.39 is 0 Å². The summed E-state index contributed by atoms with van der Waals surface area (Å²) in [4.78, 5) is 4.31. The zero-order valence-electron chi connectivity index (χ0n) is 11.2. The summed E-state index contributed by atoms with van der Waals surface area (Å²) in [6.07, 6.45) is 1.80. The van der Waals surface area contributed by atoms with Gasteiger partial charge in [-0.15, -0.1) is 11.6 Å². The van der Waals surface area contributed by atoms with Gasteiger partial charge in [-0.05, 0) is 57.4 Å². The summed E-state index contributed by atoms with van der Waals surface area (Å²) in [6, 6.07) is 16.0. The fourth-order valence-electron chi connectivity index (χ4n) is 2.12. The third-order valence-electron chi connectivity index (χ3n) is 3.21. The van der Waals surface area contributed by atoms with Crippen LogP contribution in [0.2, 0.25) is 0 Å². The number of nitrogens with zero attached hydrogens (tertiary/aromatic N) is 1. The molecule has 3 aromatic rings. The first-order valence-corrected chi connectivity index (χ1v) is 7.90. The maximum Gasteiger partial charge on any atom is 0.134 e. The minimum absolute atomic E-state index is 0.497.